The lowest BCUT2D eigenvalue weighted by Crippen LogP contribution is -2.51. The topological polar surface area (TPSA) is 41.6 Å². The van der Waals surface area contributed by atoms with Crippen molar-refractivity contribution in [2.24, 2.45) is 5.92 Å². The van der Waals surface area contributed by atoms with Crippen LogP contribution in [0.15, 0.2) is 0 Å². The first kappa shape index (κ1) is 15.4. The third-order valence-corrected chi connectivity index (χ3v) is 3.24. The number of piperazine rings is 1. The van der Waals surface area contributed by atoms with Crippen molar-refractivity contribution in [3.8, 4) is 0 Å². The molecule has 1 aliphatic rings. The van der Waals surface area contributed by atoms with Gasteiger partial charge in [0.05, 0.1) is 19.1 Å². The van der Waals surface area contributed by atoms with E-state index in [9.17, 15) is 4.79 Å². The molecule has 0 aromatic carbocycles. The van der Waals surface area contributed by atoms with Gasteiger partial charge in [0.15, 0.2) is 0 Å². The number of amides is 1. The Morgan fingerprint density at radius 2 is 2.17 bits per heavy atom. The van der Waals surface area contributed by atoms with Crippen molar-refractivity contribution in [1.29, 1.82) is 0 Å². The van der Waals surface area contributed by atoms with Gasteiger partial charge in [-0.05, 0) is 26.2 Å². The summed E-state index contributed by atoms with van der Waals surface area (Å²) in [4.78, 5) is 13.9. The maximum Gasteiger partial charge on any atom is 0.224 e. The summed E-state index contributed by atoms with van der Waals surface area (Å²) in [6.45, 7) is 11.7. The van der Waals surface area contributed by atoms with E-state index in [4.69, 9.17) is 4.74 Å². The minimum absolute atomic E-state index is 0.222. The Balaban J connectivity index is 2.16. The normalized spacial score (nSPS) is 22.3. The minimum Gasteiger partial charge on any atom is -0.378 e. The predicted octanol–water partition coefficient (Wildman–Crippen LogP) is 1.65. The van der Waals surface area contributed by atoms with Crippen molar-refractivity contribution in [3.63, 3.8) is 0 Å². The van der Waals surface area contributed by atoms with Crippen LogP contribution in [0.2, 0.25) is 0 Å². The van der Waals surface area contributed by atoms with Crippen LogP contribution in [0.4, 0.5) is 0 Å². The van der Waals surface area contributed by atoms with Crippen LogP contribution in [-0.2, 0) is 9.53 Å². The standard InChI is InChI=1S/C14H28N2O2/c1-11(2)9-13(4)18-8-5-14(17)16-7-6-15-12(3)10-16/h11-13,15H,5-10H2,1-4H3. The molecule has 1 fully saturated rings. The van der Waals surface area contributed by atoms with Crippen LogP contribution in [0.1, 0.15) is 40.5 Å². The predicted molar refractivity (Wildman–Crippen MR) is 73.5 cm³/mol. The molecule has 1 amide bonds. The molecule has 18 heavy (non-hydrogen) atoms. The zero-order valence-electron chi connectivity index (χ0n) is 12.2. The van der Waals surface area contributed by atoms with E-state index < -0.39 is 0 Å². The Morgan fingerprint density at radius 1 is 1.44 bits per heavy atom. The fraction of sp³-hybridized carbons (Fsp3) is 0.929. The second kappa shape index (κ2) is 7.74. The summed E-state index contributed by atoms with van der Waals surface area (Å²) >= 11 is 0. The summed E-state index contributed by atoms with van der Waals surface area (Å²) in [7, 11) is 0. The van der Waals surface area contributed by atoms with E-state index in [2.05, 4.69) is 33.0 Å². The van der Waals surface area contributed by atoms with Crippen LogP contribution >= 0.6 is 0 Å². The number of ether oxygens (including phenoxy) is 1. The summed E-state index contributed by atoms with van der Waals surface area (Å²) in [6.07, 6.45) is 1.81. The van der Waals surface area contributed by atoms with E-state index in [1.54, 1.807) is 0 Å². The fourth-order valence-corrected chi connectivity index (χ4v) is 2.40. The average Bonchev–Trinajstić information content (AvgIpc) is 2.27. The van der Waals surface area contributed by atoms with Gasteiger partial charge in [0.2, 0.25) is 5.91 Å². The molecule has 0 saturated carbocycles. The molecule has 0 aromatic heterocycles. The smallest absolute Gasteiger partial charge is 0.224 e. The summed E-state index contributed by atoms with van der Waals surface area (Å²) in [5.41, 5.74) is 0. The molecule has 1 rings (SSSR count). The van der Waals surface area contributed by atoms with Gasteiger partial charge in [0.1, 0.15) is 0 Å². The third kappa shape index (κ3) is 5.83. The van der Waals surface area contributed by atoms with Crippen LogP contribution < -0.4 is 5.32 Å². The van der Waals surface area contributed by atoms with Gasteiger partial charge in [-0.25, -0.2) is 0 Å². The van der Waals surface area contributed by atoms with Gasteiger partial charge < -0.3 is 15.0 Å². The van der Waals surface area contributed by atoms with E-state index in [1.165, 1.54) is 0 Å². The van der Waals surface area contributed by atoms with Gasteiger partial charge >= 0.3 is 0 Å². The minimum atomic E-state index is 0.222. The Morgan fingerprint density at radius 3 is 2.78 bits per heavy atom. The number of carbonyl (C=O) groups is 1. The molecule has 1 aliphatic heterocycles. The summed E-state index contributed by atoms with van der Waals surface area (Å²) in [5, 5.41) is 3.34. The van der Waals surface area contributed by atoms with Crippen LogP contribution in [0, 0.1) is 5.92 Å². The molecule has 106 valence electrons. The van der Waals surface area contributed by atoms with Gasteiger partial charge in [-0.15, -0.1) is 0 Å². The number of hydrogen-bond donors (Lipinski definition) is 1. The van der Waals surface area contributed by atoms with E-state index in [0.29, 0.717) is 25.0 Å². The van der Waals surface area contributed by atoms with Crippen molar-refractivity contribution in [3.05, 3.63) is 0 Å². The van der Waals surface area contributed by atoms with Crippen molar-refractivity contribution in [1.82, 2.24) is 10.2 Å². The monoisotopic (exact) mass is 256 g/mol. The molecule has 1 N–H and O–H groups in total. The molecular formula is C14H28N2O2. The Hall–Kier alpha value is -0.610. The lowest BCUT2D eigenvalue weighted by molar-refractivity contribution is -0.133. The molecule has 2 atom stereocenters. The number of carbonyl (C=O) groups excluding carboxylic acids is 1. The second-order valence-corrected chi connectivity index (χ2v) is 5.76. The molecule has 0 spiro atoms. The van der Waals surface area contributed by atoms with Crippen molar-refractivity contribution in [2.45, 2.75) is 52.7 Å². The SMILES string of the molecule is CC(C)CC(C)OCCC(=O)N1CCNC(C)C1. The van der Waals surface area contributed by atoms with Crippen LogP contribution in [0.3, 0.4) is 0 Å². The lowest BCUT2D eigenvalue weighted by Gasteiger charge is -2.32. The maximum absolute atomic E-state index is 12.0. The van der Waals surface area contributed by atoms with Crippen molar-refractivity contribution in [2.75, 3.05) is 26.2 Å². The lowest BCUT2D eigenvalue weighted by atomic mass is 10.1. The molecule has 1 saturated heterocycles. The highest BCUT2D eigenvalue weighted by atomic mass is 16.5. The van der Waals surface area contributed by atoms with Crippen LogP contribution in [0.5, 0.6) is 0 Å². The van der Waals surface area contributed by atoms with Gasteiger partial charge in [-0.2, -0.15) is 0 Å². The highest BCUT2D eigenvalue weighted by Gasteiger charge is 2.20. The van der Waals surface area contributed by atoms with E-state index >= 15 is 0 Å². The number of nitrogens with zero attached hydrogens (tertiary/aromatic N) is 1. The summed E-state index contributed by atoms with van der Waals surface area (Å²) in [5.74, 6) is 0.866. The number of rotatable bonds is 6. The first-order valence-corrected chi connectivity index (χ1v) is 7.11. The fourth-order valence-electron chi connectivity index (χ4n) is 2.40. The Bertz CT molecular complexity index is 256. The molecule has 0 bridgehead atoms. The van der Waals surface area contributed by atoms with Crippen molar-refractivity contribution >= 4 is 5.91 Å². The molecule has 0 radical (unpaired) electrons. The highest BCUT2D eigenvalue weighted by molar-refractivity contribution is 5.76. The first-order valence-electron chi connectivity index (χ1n) is 7.11. The third-order valence-electron chi connectivity index (χ3n) is 3.24. The average molecular weight is 256 g/mol. The highest BCUT2D eigenvalue weighted by Crippen LogP contribution is 2.08. The molecule has 0 aliphatic carbocycles. The quantitative estimate of drug-likeness (QED) is 0.785. The molecule has 1 heterocycles. The molecule has 2 unspecified atom stereocenters. The van der Waals surface area contributed by atoms with Gasteiger partial charge in [-0.3, -0.25) is 4.79 Å². The van der Waals surface area contributed by atoms with Gasteiger partial charge in [0, 0.05) is 25.7 Å². The number of nitrogens with one attached hydrogen (secondary N) is 1. The van der Waals surface area contributed by atoms with Crippen LogP contribution in [0.25, 0.3) is 0 Å². The zero-order valence-corrected chi connectivity index (χ0v) is 12.2. The largest absolute Gasteiger partial charge is 0.378 e. The van der Waals surface area contributed by atoms with Gasteiger partial charge in [-0.1, -0.05) is 13.8 Å². The van der Waals surface area contributed by atoms with Crippen molar-refractivity contribution < 1.29 is 9.53 Å². The van der Waals surface area contributed by atoms with E-state index in [1.807, 2.05) is 4.90 Å². The first-order chi connectivity index (χ1) is 8.49. The van der Waals surface area contributed by atoms with Crippen LogP contribution in [-0.4, -0.2) is 49.2 Å². The molecule has 4 nitrogen and oxygen atoms in total. The second-order valence-electron chi connectivity index (χ2n) is 5.76. The molecule has 4 heteroatoms. The number of hydrogen-bond acceptors (Lipinski definition) is 3. The Kier molecular flexibility index (Phi) is 6.65. The summed E-state index contributed by atoms with van der Waals surface area (Å²) in [6, 6.07) is 0.406. The van der Waals surface area contributed by atoms with Gasteiger partial charge in [0.25, 0.3) is 0 Å². The maximum atomic E-state index is 12.0. The van der Waals surface area contributed by atoms with E-state index in [0.717, 1.165) is 26.1 Å². The zero-order chi connectivity index (χ0) is 13.5. The summed E-state index contributed by atoms with van der Waals surface area (Å²) < 4.78 is 5.68. The molecular weight excluding hydrogens is 228 g/mol. The van der Waals surface area contributed by atoms with E-state index in [-0.39, 0.29) is 12.0 Å². The molecule has 0 aromatic rings. The Labute approximate surface area is 111 Å².